The van der Waals surface area contributed by atoms with Gasteiger partial charge in [0.15, 0.2) is 0 Å². The van der Waals surface area contributed by atoms with Crippen molar-refractivity contribution < 1.29 is 23.1 Å². The second kappa shape index (κ2) is 8.64. The van der Waals surface area contributed by atoms with Crippen LogP contribution in [0.3, 0.4) is 0 Å². The predicted molar refractivity (Wildman–Crippen MR) is 120 cm³/mol. The lowest BCUT2D eigenvalue weighted by Gasteiger charge is -2.24. The van der Waals surface area contributed by atoms with E-state index in [1.54, 1.807) is 37.3 Å². The summed E-state index contributed by atoms with van der Waals surface area (Å²) in [6, 6.07) is 4.57. The Kier molecular flexibility index (Phi) is 6.17. The van der Waals surface area contributed by atoms with Crippen LogP contribution in [0.4, 0.5) is 18.9 Å². The number of aromatic nitrogens is 3. The highest BCUT2D eigenvalue weighted by molar-refractivity contribution is 7.18. The van der Waals surface area contributed by atoms with E-state index < -0.39 is 29.2 Å². The molecule has 4 rings (SSSR count). The van der Waals surface area contributed by atoms with Crippen LogP contribution >= 0.6 is 11.3 Å². The van der Waals surface area contributed by atoms with Gasteiger partial charge in [-0.3, -0.25) is 4.79 Å². The molecule has 176 valence electrons. The lowest BCUT2D eigenvalue weighted by atomic mass is 9.83. The molecule has 0 saturated heterocycles. The Morgan fingerprint density at radius 3 is 2.48 bits per heavy atom. The summed E-state index contributed by atoms with van der Waals surface area (Å²) >= 11 is 1.55. The number of nitrogens with zero attached hydrogens (tertiary/aromatic N) is 3. The molecule has 0 bridgehead atoms. The molecule has 33 heavy (non-hydrogen) atoms. The molecular formula is C23H25F3N4O2S. The fraction of sp³-hybridized carbons (Fsp3) is 0.478. The van der Waals surface area contributed by atoms with E-state index in [1.165, 1.54) is 0 Å². The van der Waals surface area contributed by atoms with E-state index in [0.29, 0.717) is 17.2 Å². The number of benzene rings is 1. The number of alkyl halides is 3. The van der Waals surface area contributed by atoms with E-state index in [9.17, 15) is 23.1 Å². The Hall–Kier alpha value is -2.59. The zero-order valence-corrected chi connectivity index (χ0v) is 19.3. The molecule has 0 unspecified atom stereocenters. The minimum absolute atomic E-state index is 0.305. The number of hydrogen-bond acceptors (Lipinski definition) is 6. The Morgan fingerprint density at radius 1 is 1.15 bits per heavy atom. The van der Waals surface area contributed by atoms with E-state index in [-0.39, 0.29) is 0 Å². The predicted octanol–water partition coefficient (Wildman–Crippen LogP) is 5.88. The summed E-state index contributed by atoms with van der Waals surface area (Å²) in [5.74, 6) is -1.09. The molecule has 1 amide bonds. The van der Waals surface area contributed by atoms with Gasteiger partial charge in [0.2, 0.25) is 5.82 Å². The maximum atomic E-state index is 12.9. The molecule has 1 aliphatic rings. The molecule has 3 aromatic rings. The lowest BCUT2D eigenvalue weighted by molar-refractivity contribution is -0.145. The molecule has 2 heterocycles. The van der Waals surface area contributed by atoms with Gasteiger partial charge in [0.05, 0.1) is 20.8 Å². The third-order valence-corrected chi connectivity index (χ3v) is 7.14. The normalized spacial score (nSPS) is 19.6. The van der Waals surface area contributed by atoms with Crippen LogP contribution in [0, 0.1) is 5.92 Å². The van der Waals surface area contributed by atoms with Crippen LogP contribution < -0.4 is 5.32 Å². The van der Waals surface area contributed by atoms with Crippen molar-refractivity contribution in [1.82, 2.24) is 15.0 Å². The number of anilines is 1. The number of thiazole rings is 1. The molecule has 1 aliphatic carbocycles. The summed E-state index contributed by atoms with van der Waals surface area (Å²) in [4.78, 5) is 24.1. The average molecular weight is 479 g/mol. The Morgan fingerprint density at radius 2 is 1.85 bits per heavy atom. The maximum Gasteiger partial charge on any atom is 0.451 e. The van der Waals surface area contributed by atoms with Crippen molar-refractivity contribution in [2.45, 2.75) is 64.1 Å². The van der Waals surface area contributed by atoms with Crippen LogP contribution in [-0.2, 0) is 11.8 Å². The molecule has 0 atom stereocenters. The second-order valence-corrected chi connectivity index (χ2v) is 10.2. The number of fused-ring (bicyclic) bond motifs is 1. The van der Waals surface area contributed by atoms with Crippen molar-refractivity contribution >= 4 is 33.1 Å². The molecule has 1 fully saturated rings. The summed E-state index contributed by atoms with van der Waals surface area (Å²) < 4.78 is 39.6. The lowest BCUT2D eigenvalue weighted by Crippen LogP contribution is -2.22. The number of amides is 1. The minimum atomic E-state index is -4.76. The first-order valence-corrected chi connectivity index (χ1v) is 11.6. The number of halogens is 3. The summed E-state index contributed by atoms with van der Waals surface area (Å²) in [5, 5.41) is 14.4. The number of carbonyl (C=O) groups is 1. The molecular weight excluding hydrogens is 453 g/mol. The van der Waals surface area contributed by atoms with Gasteiger partial charge in [0.25, 0.3) is 5.91 Å². The molecule has 0 spiro atoms. The maximum absolute atomic E-state index is 12.9. The van der Waals surface area contributed by atoms with Gasteiger partial charge in [0, 0.05) is 23.4 Å². The van der Waals surface area contributed by atoms with Gasteiger partial charge in [-0.2, -0.15) is 13.2 Å². The summed E-state index contributed by atoms with van der Waals surface area (Å²) in [6.07, 6.45) is 0.621. The molecule has 6 nitrogen and oxygen atoms in total. The van der Waals surface area contributed by atoms with Crippen molar-refractivity contribution in [2.24, 2.45) is 5.92 Å². The van der Waals surface area contributed by atoms with E-state index in [0.717, 1.165) is 59.1 Å². The average Bonchev–Trinajstić information content (AvgIpc) is 3.15. The largest absolute Gasteiger partial charge is 0.451 e. The molecule has 10 heteroatoms. The Balaban J connectivity index is 1.68. The van der Waals surface area contributed by atoms with Gasteiger partial charge >= 0.3 is 6.18 Å². The van der Waals surface area contributed by atoms with Crippen molar-refractivity contribution in [3.63, 3.8) is 0 Å². The first-order valence-electron chi connectivity index (χ1n) is 10.8. The first-order chi connectivity index (χ1) is 15.4. The highest BCUT2D eigenvalue weighted by atomic mass is 32.1. The van der Waals surface area contributed by atoms with Crippen molar-refractivity contribution in [3.05, 3.63) is 46.5 Å². The SMILES string of the molecule is CC1CCC(c2nc3cc(C(C)(C)O)c(NC(=O)c4ccnc(C(F)(F)F)n4)cc3s2)CC1. The Labute approximate surface area is 193 Å². The zero-order chi connectivity index (χ0) is 24.0. The van der Waals surface area contributed by atoms with Crippen LogP contribution in [0.2, 0.25) is 0 Å². The summed E-state index contributed by atoms with van der Waals surface area (Å²) in [5.41, 5.74) is -0.281. The molecule has 1 saturated carbocycles. The number of aliphatic hydroxyl groups is 1. The van der Waals surface area contributed by atoms with Gasteiger partial charge in [-0.05, 0) is 50.8 Å². The fourth-order valence-electron chi connectivity index (χ4n) is 4.09. The van der Waals surface area contributed by atoms with Crippen LogP contribution in [0.15, 0.2) is 24.4 Å². The zero-order valence-electron chi connectivity index (χ0n) is 18.5. The van der Waals surface area contributed by atoms with E-state index in [2.05, 4.69) is 22.2 Å². The molecule has 0 radical (unpaired) electrons. The smallest absolute Gasteiger partial charge is 0.386 e. The fourth-order valence-corrected chi connectivity index (χ4v) is 5.25. The van der Waals surface area contributed by atoms with Crippen LogP contribution in [0.25, 0.3) is 10.2 Å². The third-order valence-electron chi connectivity index (χ3n) is 5.96. The summed E-state index contributed by atoms with van der Waals surface area (Å²) in [7, 11) is 0. The van der Waals surface area contributed by atoms with Crippen LogP contribution in [0.1, 0.15) is 79.3 Å². The molecule has 2 N–H and O–H groups in total. The van der Waals surface area contributed by atoms with E-state index >= 15 is 0 Å². The molecule has 1 aromatic carbocycles. The van der Waals surface area contributed by atoms with Crippen LogP contribution in [0.5, 0.6) is 0 Å². The van der Waals surface area contributed by atoms with Crippen molar-refractivity contribution in [2.75, 3.05) is 5.32 Å². The molecule has 2 aromatic heterocycles. The highest BCUT2D eigenvalue weighted by Crippen LogP contribution is 2.41. The van der Waals surface area contributed by atoms with Crippen molar-refractivity contribution in [1.29, 1.82) is 0 Å². The van der Waals surface area contributed by atoms with Crippen molar-refractivity contribution in [3.8, 4) is 0 Å². The number of nitrogens with one attached hydrogen (secondary N) is 1. The van der Waals surface area contributed by atoms with Gasteiger partial charge in [-0.25, -0.2) is 15.0 Å². The number of hydrogen-bond donors (Lipinski definition) is 2. The first kappa shape index (κ1) is 23.6. The standard InChI is InChI=1S/C23H25F3N4O2S/c1-12-4-6-13(7-5-12)20-29-17-10-14(22(2,3)32)16(11-18(17)33-20)28-19(31)15-8-9-27-21(30-15)23(24,25)26/h8-13,32H,4-7H2,1-3H3,(H,28,31). The van der Waals surface area contributed by atoms with Crippen LogP contribution in [-0.4, -0.2) is 26.0 Å². The number of rotatable bonds is 4. The Bertz CT molecular complexity index is 1180. The third kappa shape index (κ3) is 5.16. The van der Waals surface area contributed by atoms with Gasteiger partial charge in [0.1, 0.15) is 5.69 Å². The second-order valence-electron chi connectivity index (χ2n) is 9.15. The molecule has 0 aliphatic heterocycles. The minimum Gasteiger partial charge on any atom is -0.386 e. The van der Waals surface area contributed by atoms with E-state index in [1.807, 2.05) is 0 Å². The van der Waals surface area contributed by atoms with E-state index in [4.69, 9.17) is 4.98 Å². The topological polar surface area (TPSA) is 88.0 Å². The monoisotopic (exact) mass is 478 g/mol. The highest BCUT2D eigenvalue weighted by Gasteiger charge is 2.35. The van der Waals surface area contributed by atoms with Gasteiger partial charge in [-0.1, -0.05) is 19.8 Å². The quantitative estimate of drug-likeness (QED) is 0.489. The summed E-state index contributed by atoms with van der Waals surface area (Å²) in [6.45, 7) is 5.41. The van der Waals surface area contributed by atoms with Gasteiger partial charge in [-0.15, -0.1) is 11.3 Å². The van der Waals surface area contributed by atoms with Gasteiger partial charge < -0.3 is 10.4 Å². The number of carbonyl (C=O) groups excluding carboxylic acids is 1.